The van der Waals surface area contributed by atoms with E-state index >= 15 is 0 Å². The first-order chi connectivity index (χ1) is 12.1. The van der Waals surface area contributed by atoms with Gasteiger partial charge in [0.25, 0.3) is 5.91 Å². The zero-order chi connectivity index (χ0) is 17.6. The first kappa shape index (κ1) is 16.4. The second-order valence-corrected chi connectivity index (χ2v) is 7.41. The molecule has 3 heterocycles. The van der Waals surface area contributed by atoms with Crippen LogP contribution in [0.3, 0.4) is 0 Å². The van der Waals surface area contributed by atoms with E-state index in [9.17, 15) is 4.79 Å². The SMILES string of the molecule is CCN(CCO)C(=O)c1nc2c3c4c(sc3nc(C)n2n1)CCCC4. The lowest BCUT2D eigenvalue weighted by Crippen LogP contribution is -2.34. The molecule has 8 heteroatoms. The van der Waals surface area contributed by atoms with Crippen molar-refractivity contribution in [1.82, 2.24) is 24.5 Å². The zero-order valence-corrected chi connectivity index (χ0v) is 15.3. The lowest BCUT2D eigenvalue weighted by atomic mass is 9.97. The Balaban J connectivity index is 1.90. The Bertz CT molecular complexity index is 961. The van der Waals surface area contributed by atoms with E-state index in [1.165, 1.54) is 23.3 Å². The molecular weight excluding hydrogens is 338 g/mol. The van der Waals surface area contributed by atoms with Crippen LogP contribution in [0.15, 0.2) is 0 Å². The molecule has 1 aliphatic carbocycles. The third kappa shape index (κ3) is 2.60. The van der Waals surface area contributed by atoms with Crippen LogP contribution < -0.4 is 0 Å². The van der Waals surface area contributed by atoms with Gasteiger partial charge in [-0.3, -0.25) is 4.79 Å². The number of fused-ring (bicyclic) bond motifs is 5. The molecule has 0 saturated carbocycles. The molecule has 132 valence electrons. The minimum absolute atomic E-state index is 0.0736. The van der Waals surface area contributed by atoms with E-state index in [4.69, 9.17) is 10.1 Å². The van der Waals surface area contributed by atoms with Crippen molar-refractivity contribution in [3.05, 3.63) is 22.1 Å². The molecule has 1 amide bonds. The molecule has 0 saturated heterocycles. The molecule has 0 bridgehead atoms. The second kappa shape index (κ2) is 6.34. The fraction of sp³-hybridized carbons (Fsp3) is 0.529. The van der Waals surface area contributed by atoms with Gasteiger partial charge < -0.3 is 10.0 Å². The Labute approximate surface area is 149 Å². The summed E-state index contributed by atoms with van der Waals surface area (Å²) in [5.74, 6) is 0.651. The maximum atomic E-state index is 12.7. The molecule has 0 spiro atoms. The minimum atomic E-state index is -0.253. The summed E-state index contributed by atoms with van der Waals surface area (Å²) in [7, 11) is 0. The van der Waals surface area contributed by atoms with Crippen LogP contribution in [0.4, 0.5) is 0 Å². The second-order valence-electron chi connectivity index (χ2n) is 6.33. The van der Waals surface area contributed by atoms with Crippen LogP contribution in [0.5, 0.6) is 0 Å². The van der Waals surface area contributed by atoms with Crippen LogP contribution in [0, 0.1) is 6.92 Å². The van der Waals surface area contributed by atoms with Crippen molar-refractivity contribution in [2.45, 2.75) is 39.5 Å². The van der Waals surface area contributed by atoms with Gasteiger partial charge in [0.1, 0.15) is 10.7 Å². The third-order valence-electron chi connectivity index (χ3n) is 4.78. The highest BCUT2D eigenvalue weighted by atomic mass is 32.1. The largest absolute Gasteiger partial charge is 0.395 e. The van der Waals surface area contributed by atoms with E-state index in [0.717, 1.165) is 34.5 Å². The van der Waals surface area contributed by atoms with Gasteiger partial charge in [-0.2, -0.15) is 4.52 Å². The highest BCUT2D eigenvalue weighted by Gasteiger charge is 2.24. The number of nitrogens with zero attached hydrogens (tertiary/aromatic N) is 5. The number of aromatic nitrogens is 4. The van der Waals surface area contributed by atoms with Crippen molar-refractivity contribution in [3.8, 4) is 0 Å². The summed E-state index contributed by atoms with van der Waals surface area (Å²) in [4.78, 5) is 25.9. The molecule has 4 rings (SSSR count). The molecule has 3 aromatic rings. The predicted octanol–water partition coefficient (Wildman–Crippen LogP) is 1.98. The number of aryl methyl sites for hydroxylation is 3. The monoisotopic (exact) mass is 359 g/mol. The van der Waals surface area contributed by atoms with Crippen molar-refractivity contribution < 1.29 is 9.90 Å². The molecule has 3 aromatic heterocycles. The van der Waals surface area contributed by atoms with Gasteiger partial charge >= 0.3 is 0 Å². The summed E-state index contributed by atoms with van der Waals surface area (Å²) >= 11 is 1.74. The number of hydrogen-bond acceptors (Lipinski definition) is 6. The molecule has 1 N–H and O–H groups in total. The Morgan fingerprint density at radius 2 is 2.12 bits per heavy atom. The topological polar surface area (TPSA) is 83.6 Å². The summed E-state index contributed by atoms with van der Waals surface area (Å²) in [5.41, 5.74) is 2.06. The average Bonchev–Trinajstić information content (AvgIpc) is 3.20. The Morgan fingerprint density at radius 1 is 1.32 bits per heavy atom. The lowest BCUT2D eigenvalue weighted by molar-refractivity contribution is 0.0720. The van der Waals surface area contributed by atoms with E-state index in [2.05, 4.69) is 10.1 Å². The van der Waals surface area contributed by atoms with Gasteiger partial charge in [0.15, 0.2) is 5.65 Å². The van der Waals surface area contributed by atoms with Gasteiger partial charge in [-0.1, -0.05) is 0 Å². The minimum Gasteiger partial charge on any atom is -0.395 e. The normalized spacial score (nSPS) is 14.2. The van der Waals surface area contributed by atoms with Crippen LogP contribution in [0.1, 0.15) is 46.6 Å². The molecule has 0 radical (unpaired) electrons. The third-order valence-corrected chi connectivity index (χ3v) is 5.97. The Morgan fingerprint density at radius 3 is 2.88 bits per heavy atom. The number of rotatable bonds is 4. The number of aliphatic hydroxyl groups excluding tert-OH is 1. The number of amides is 1. The summed E-state index contributed by atoms with van der Waals surface area (Å²) in [5, 5.41) is 14.6. The number of aliphatic hydroxyl groups is 1. The molecule has 7 nitrogen and oxygen atoms in total. The lowest BCUT2D eigenvalue weighted by Gasteiger charge is -2.17. The predicted molar refractivity (Wildman–Crippen MR) is 96.2 cm³/mol. The van der Waals surface area contributed by atoms with Crippen LogP contribution in [0.2, 0.25) is 0 Å². The fourth-order valence-corrected chi connectivity index (χ4v) is 4.81. The molecule has 0 fully saturated rings. The van der Waals surface area contributed by atoms with Gasteiger partial charge in [-0.05, 0) is 45.1 Å². The van der Waals surface area contributed by atoms with E-state index in [1.54, 1.807) is 20.8 Å². The Hall–Kier alpha value is -2.06. The summed E-state index contributed by atoms with van der Waals surface area (Å²) in [6, 6.07) is 0. The smallest absolute Gasteiger partial charge is 0.293 e. The van der Waals surface area contributed by atoms with E-state index in [1.807, 2.05) is 13.8 Å². The summed E-state index contributed by atoms with van der Waals surface area (Å²) in [6.45, 7) is 4.49. The number of carbonyl (C=O) groups excluding carboxylic acids is 1. The zero-order valence-electron chi connectivity index (χ0n) is 14.4. The fourth-order valence-electron chi connectivity index (χ4n) is 3.51. The van der Waals surface area contributed by atoms with Crippen LogP contribution in [-0.2, 0) is 12.8 Å². The van der Waals surface area contributed by atoms with Crippen molar-refractivity contribution in [2.24, 2.45) is 0 Å². The van der Waals surface area contributed by atoms with E-state index < -0.39 is 0 Å². The molecule has 0 atom stereocenters. The van der Waals surface area contributed by atoms with Gasteiger partial charge in [0.2, 0.25) is 5.82 Å². The summed E-state index contributed by atoms with van der Waals surface area (Å²) < 4.78 is 1.68. The molecular formula is C17H21N5O2S. The number of carbonyl (C=O) groups is 1. The number of thiophene rings is 1. The maximum absolute atomic E-state index is 12.7. The van der Waals surface area contributed by atoms with Crippen molar-refractivity contribution >= 4 is 33.1 Å². The van der Waals surface area contributed by atoms with Crippen molar-refractivity contribution in [3.63, 3.8) is 0 Å². The summed E-state index contributed by atoms with van der Waals surface area (Å²) in [6.07, 6.45) is 4.54. The van der Waals surface area contributed by atoms with Crippen LogP contribution in [-0.4, -0.2) is 55.2 Å². The van der Waals surface area contributed by atoms with Gasteiger partial charge in [-0.25, -0.2) is 9.97 Å². The highest BCUT2D eigenvalue weighted by molar-refractivity contribution is 7.19. The first-order valence-electron chi connectivity index (χ1n) is 8.71. The number of likely N-dealkylation sites (N-methyl/N-ethyl adjacent to an activating group) is 1. The molecule has 0 aromatic carbocycles. The number of hydrogen-bond donors (Lipinski definition) is 1. The van der Waals surface area contributed by atoms with E-state index in [-0.39, 0.29) is 24.9 Å². The van der Waals surface area contributed by atoms with Crippen LogP contribution in [0.25, 0.3) is 15.9 Å². The highest BCUT2D eigenvalue weighted by Crippen LogP contribution is 2.37. The van der Waals surface area contributed by atoms with Crippen LogP contribution >= 0.6 is 11.3 Å². The average molecular weight is 359 g/mol. The van der Waals surface area contributed by atoms with Crippen molar-refractivity contribution in [1.29, 1.82) is 0 Å². The standard InChI is InChI=1S/C17H21N5O2S/c1-3-21(8-9-23)17(24)14-19-15-13-11-6-4-5-7-12(11)25-16(13)18-10(2)22(15)20-14/h23H,3-9H2,1-2H3. The molecule has 25 heavy (non-hydrogen) atoms. The quantitative estimate of drug-likeness (QED) is 0.770. The van der Waals surface area contributed by atoms with E-state index in [0.29, 0.717) is 6.54 Å². The van der Waals surface area contributed by atoms with Gasteiger partial charge in [-0.15, -0.1) is 16.4 Å². The van der Waals surface area contributed by atoms with Gasteiger partial charge in [0, 0.05) is 18.0 Å². The van der Waals surface area contributed by atoms with Crippen molar-refractivity contribution in [2.75, 3.05) is 19.7 Å². The Kier molecular flexibility index (Phi) is 4.16. The molecule has 0 unspecified atom stereocenters. The maximum Gasteiger partial charge on any atom is 0.293 e. The molecule has 0 aliphatic heterocycles. The molecule has 1 aliphatic rings. The first-order valence-corrected chi connectivity index (χ1v) is 9.53. The van der Waals surface area contributed by atoms with Gasteiger partial charge in [0.05, 0.1) is 12.0 Å².